The Balaban J connectivity index is 1.43. The van der Waals surface area contributed by atoms with Crippen LogP contribution in [-0.4, -0.2) is 56.4 Å². The molecule has 2 aromatic rings. The van der Waals surface area contributed by atoms with Crippen LogP contribution in [0.5, 0.6) is 11.5 Å². The first-order chi connectivity index (χ1) is 14.2. The van der Waals surface area contributed by atoms with Gasteiger partial charge >= 0.3 is 0 Å². The Morgan fingerprint density at radius 2 is 1.69 bits per heavy atom. The molecule has 2 aromatic carbocycles. The number of nitrogens with zero attached hydrogens (tertiary/aromatic N) is 3. The Hall–Kier alpha value is -2.93. The minimum Gasteiger partial charge on any atom is -0.497 e. The van der Waals surface area contributed by atoms with Crippen molar-refractivity contribution >= 4 is 34.6 Å². The molecular formula is C22H23N3O3S. The Kier molecular flexibility index (Phi) is 5.76. The summed E-state index contributed by atoms with van der Waals surface area (Å²) < 4.78 is 10.7. The van der Waals surface area contributed by atoms with Crippen molar-refractivity contribution in [2.75, 3.05) is 45.3 Å². The molecule has 1 fully saturated rings. The summed E-state index contributed by atoms with van der Waals surface area (Å²) in [7, 11) is 3.22. The normalized spacial score (nSPS) is 18.2. The number of methoxy groups -OCH3 is 2. The molecule has 29 heavy (non-hydrogen) atoms. The highest BCUT2D eigenvalue weighted by Crippen LogP contribution is 2.34. The van der Waals surface area contributed by atoms with E-state index in [9.17, 15) is 4.79 Å². The molecule has 0 aromatic heterocycles. The molecule has 0 aliphatic carbocycles. The van der Waals surface area contributed by atoms with E-state index in [1.165, 1.54) is 17.4 Å². The molecule has 0 saturated carbocycles. The zero-order chi connectivity index (χ0) is 20.2. The largest absolute Gasteiger partial charge is 0.497 e. The van der Waals surface area contributed by atoms with Gasteiger partial charge in [-0.1, -0.05) is 18.2 Å². The number of hydrogen-bond donors (Lipinski definition) is 0. The van der Waals surface area contributed by atoms with Crippen molar-refractivity contribution in [3.63, 3.8) is 0 Å². The van der Waals surface area contributed by atoms with Gasteiger partial charge in [0, 0.05) is 43.5 Å². The number of thioether (sulfide) groups is 1. The number of hydrogen-bond acceptors (Lipinski definition) is 6. The summed E-state index contributed by atoms with van der Waals surface area (Å²) in [5.41, 5.74) is 2.06. The number of ether oxygens (including phenoxy) is 2. The Labute approximate surface area is 174 Å². The Morgan fingerprint density at radius 3 is 2.38 bits per heavy atom. The van der Waals surface area contributed by atoms with Crippen LogP contribution in [0.1, 0.15) is 5.56 Å². The maximum atomic E-state index is 12.5. The second-order valence-corrected chi connectivity index (χ2v) is 7.74. The summed E-state index contributed by atoms with van der Waals surface area (Å²) in [5, 5.41) is 0.779. The maximum absolute atomic E-state index is 12.5. The first-order valence-corrected chi connectivity index (χ1v) is 10.3. The monoisotopic (exact) mass is 409 g/mol. The van der Waals surface area contributed by atoms with Gasteiger partial charge in [-0.25, -0.2) is 0 Å². The lowest BCUT2D eigenvalue weighted by Gasteiger charge is -2.36. The molecule has 0 unspecified atom stereocenters. The van der Waals surface area contributed by atoms with Gasteiger partial charge in [-0.2, -0.15) is 4.99 Å². The molecule has 0 atom stereocenters. The van der Waals surface area contributed by atoms with E-state index in [0.29, 0.717) is 16.4 Å². The predicted molar refractivity (Wildman–Crippen MR) is 118 cm³/mol. The van der Waals surface area contributed by atoms with Crippen LogP contribution in [0.3, 0.4) is 0 Å². The molecule has 7 heteroatoms. The van der Waals surface area contributed by atoms with Crippen LogP contribution < -0.4 is 14.4 Å². The molecule has 2 heterocycles. The van der Waals surface area contributed by atoms with Gasteiger partial charge in [-0.15, -0.1) is 0 Å². The summed E-state index contributed by atoms with van der Waals surface area (Å²) in [4.78, 5) is 21.9. The maximum Gasteiger partial charge on any atom is 0.286 e. The summed E-state index contributed by atoms with van der Waals surface area (Å²) in [6.07, 6.45) is 1.84. The molecule has 0 spiro atoms. The van der Waals surface area contributed by atoms with Crippen molar-refractivity contribution in [2.24, 2.45) is 4.99 Å². The number of carbonyl (C=O) groups is 1. The molecule has 6 nitrogen and oxygen atoms in total. The molecule has 1 amide bonds. The number of anilines is 1. The van der Waals surface area contributed by atoms with E-state index in [0.717, 1.165) is 36.9 Å². The van der Waals surface area contributed by atoms with Crippen molar-refractivity contribution in [1.29, 1.82) is 0 Å². The molecule has 0 N–H and O–H groups in total. The molecule has 1 saturated heterocycles. The average molecular weight is 410 g/mol. The summed E-state index contributed by atoms with van der Waals surface area (Å²) in [5.74, 6) is 1.17. The van der Waals surface area contributed by atoms with Crippen LogP contribution in [0, 0.1) is 0 Å². The number of rotatable bonds is 4. The van der Waals surface area contributed by atoms with Gasteiger partial charge in [-0.05, 0) is 42.1 Å². The molecule has 150 valence electrons. The van der Waals surface area contributed by atoms with Crippen LogP contribution in [0.25, 0.3) is 6.08 Å². The van der Waals surface area contributed by atoms with Gasteiger partial charge < -0.3 is 19.3 Å². The van der Waals surface area contributed by atoms with Crippen molar-refractivity contribution in [2.45, 2.75) is 0 Å². The number of aliphatic imine (C=N–C) groups is 1. The first-order valence-electron chi connectivity index (χ1n) is 9.47. The molecular weight excluding hydrogens is 386 g/mol. The SMILES string of the molecule is COc1ccc(/C=C2\SC(N3CCN(c4ccccc4)CC3)=NC2=O)c(OC)c1. The van der Waals surface area contributed by atoms with Crippen LogP contribution in [0.15, 0.2) is 58.4 Å². The first kappa shape index (κ1) is 19.4. The lowest BCUT2D eigenvalue weighted by atomic mass is 10.1. The number of amides is 1. The molecule has 0 bridgehead atoms. The second-order valence-electron chi connectivity index (χ2n) is 6.73. The lowest BCUT2D eigenvalue weighted by Crippen LogP contribution is -2.47. The van der Waals surface area contributed by atoms with E-state index in [4.69, 9.17) is 9.47 Å². The molecule has 2 aliphatic rings. The quantitative estimate of drug-likeness (QED) is 0.721. The van der Waals surface area contributed by atoms with Crippen LogP contribution in [0.4, 0.5) is 5.69 Å². The van der Waals surface area contributed by atoms with Gasteiger partial charge in [0.2, 0.25) is 0 Å². The van der Waals surface area contributed by atoms with E-state index in [1.807, 2.05) is 24.3 Å². The number of amidine groups is 1. The van der Waals surface area contributed by atoms with Gasteiger partial charge in [-0.3, -0.25) is 4.79 Å². The van der Waals surface area contributed by atoms with Gasteiger partial charge in [0.05, 0.1) is 19.1 Å². The Morgan fingerprint density at radius 1 is 0.966 bits per heavy atom. The zero-order valence-electron chi connectivity index (χ0n) is 16.5. The van der Waals surface area contributed by atoms with Gasteiger partial charge in [0.25, 0.3) is 5.91 Å². The highest BCUT2D eigenvalue weighted by Gasteiger charge is 2.28. The molecule has 0 radical (unpaired) electrons. The third-order valence-corrected chi connectivity index (χ3v) is 6.05. The topological polar surface area (TPSA) is 54.4 Å². The highest BCUT2D eigenvalue weighted by molar-refractivity contribution is 8.18. The fraction of sp³-hybridized carbons (Fsp3) is 0.273. The van der Waals surface area contributed by atoms with Gasteiger partial charge in [0.15, 0.2) is 5.17 Å². The van der Waals surface area contributed by atoms with Crippen LogP contribution in [0.2, 0.25) is 0 Å². The Bertz CT molecular complexity index is 951. The molecule has 2 aliphatic heterocycles. The number of piperazine rings is 1. The average Bonchev–Trinajstić information content (AvgIpc) is 3.15. The van der Waals surface area contributed by atoms with E-state index >= 15 is 0 Å². The third kappa shape index (κ3) is 4.24. The van der Waals surface area contributed by atoms with E-state index in [-0.39, 0.29) is 5.91 Å². The number of carbonyl (C=O) groups excluding carboxylic acids is 1. The van der Waals surface area contributed by atoms with E-state index in [2.05, 4.69) is 39.1 Å². The highest BCUT2D eigenvalue weighted by atomic mass is 32.2. The molecule has 4 rings (SSSR count). The van der Waals surface area contributed by atoms with Crippen molar-refractivity contribution in [1.82, 2.24) is 4.90 Å². The zero-order valence-corrected chi connectivity index (χ0v) is 17.3. The van der Waals surface area contributed by atoms with E-state index in [1.54, 1.807) is 20.3 Å². The minimum atomic E-state index is -0.201. The van der Waals surface area contributed by atoms with Crippen LogP contribution >= 0.6 is 11.8 Å². The van der Waals surface area contributed by atoms with Crippen molar-refractivity contribution in [3.8, 4) is 11.5 Å². The summed E-state index contributed by atoms with van der Waals surface area (Å²) >= 11 is 1.43. The van der Waals surface area contributed by atoms with Crippen molar-refractivity contribution in [3.05, 3.63) is 59.0 Å². The summed E-state index contributed by atoms with van der Waals surface area (Å²) in [6.45, 7) is 3.49. The predicted octanol–water partition coefficient (Wildman–Crippen LogP) is 3.50. The van der Waals surface area contributed by atoms with Crippen LogP contribution in [-0.2, 0) is 4.79 Å². The number of benzene rings is 2. The van der Waals surface area contributed by atoms with Gasteiger partial charge in [0.1, 0.15) is 11.5 Å². The van der Waals surface area contributed by atoms with E-state index < -0.39 is 0 Å². The minimum absolute atomic E-state index is 0.201. The fourth-order valence-corrected chi connectivity index (χ4v) is 4.36. The summed E-state index contributed by atoms with van der Waals surface area (Å²) in [6, 6.07) is 15.9. The smallest absolute Gasteiger partial charge is 0.286 e. The standard InChI is InChI=1S/C22H23N3O3S/c1-27-18-9-8-16(19(15-18)28-2)14-20-21(26)23-22(29-20)25-12-10-24(11-13-25)17-6-4-3-5-7-17/h3-9,14-15H,10-13H2,1-2H3/b20-14-. The third-order valence-electron chi connectivity index (χ3n) is 5.01. The van der Waals surface area contributed by atoms with Crippen molar-refractivity contribution < 1.29 is 14.3 Å². The number of para-hydroxylation sites is 1. The fourth-order valence-electron chi connectivity index (χ4n) is 3.41. The second kappa shape index (κ2) is 8.61. The lowest BCUT2D eigenvalue weighted by molar-refractivity contribution is -0.113.